The Kier molecular flexibility index (Phi) is 3.21. The maximum absolute atomic E-state index is 9.49. The first kappa shape index (κ1) is 13.5. The maximum atomic E-state index is 9.49. The van der Waals surface area contributed by atoms with E-state index in [9.17, 15) is 5.26 Å². The predicted octanol–water partition coefficient (Wildman–Crippen LogP) is 2.45. The van der Waals surface area contributed by atoms with Gasteiger partial charge in [-0.3, -0.25) is 4.98 Å². The molecule has 0 aliphatic carbocycles. The molecule has 2 saturated heterocycles. The Morgan fingerprint density at radius 3 is 2.86 bits per heavy atom. The van der Waals surface area contributed by atoms with Crippen LogP contribution in [-0.2, 0) is 9.47 Å². The molecule has 2 fully saturated rings. The number of nitriles is 1. The molecule has 22 heavy (non-hydrogen) atoms. The number of para-hydroxylation sites is 1. The lowest BCUT2D eigenvalue weighted by atomic mass is 10.0. The highest BCUT2D eigenvalue weighted by Gasteiger charge is 2.41. The lowest BCUT2D eigenvalue weighted by molar-refractivity contribution is -0.161. The van der Waals surface area contributed by atoms with Gasteiger partial charge in [-0.25, -0.2) is 0 Å². The number of pyridine rings is 1. The number of piperidine rings is 1. The fourth-order valence-corrected chi connectivity index (χ4v) is 3.46. The summed E-state index contributed by atoms with van der Waals surface area (Å²) in [7, 11) is 0. The molecule has 3 heterocycles. The minimum atomic E-state index is -0.505. The number of anilines is 1. The number of nitrogens with zero attached hydrogens (tertiary/aromatic N) is 3. The van der Waals surface area contributed by atoms with E-state index in [-0.39, 0.29) is 0 Å². The molecule has 1 aromatic carbocycles. The molecule has 5 nitrogen and oxygen atoms in total. The predicted molar refractivity (Wildman–Crippen MR) is 82.5 cm³/mol. The van der Waals surface area contributed by atoms with E-state index in [0.29, 0.717) is 25.3 Å². The van der Waals surface area contributed by atoms with Gasteiger partial charge in [-0.1, -0.05) is 18.2 Å². The SMILES string of the molecule is N#Cc1cnc2ccccc2c1N1CCCC2(C1)OCCO2. The molecule has 1 aromatic heterocycles. The maximum Gasteiger partial charge on any atom is 0.186 e. The van der Waals surface area contributed by atoms with Crippen LogP contribution in [0.15, 0.2) is 30.5 Å². The highest BCUT2D eigenvalue weighted by Crippen LogP contribution is 2.36. The van der Waals surface area contributed by atoms with Crippen LogP contribution in [0.25, 0.3) is 10.9 Å². The smallest absolute Gasteiger partial charge is 0.186 e. The Bertz CT molecular complexity index is 747. The molecule has 2 aliphatic rings. The van der Waals surface area contributed by atoms with Crippen molar-refractivity contribution in [1.29, 1.82) is 5.26 Å². The van der Waals surface area contributed by atoms with Crippen molar-refractivity contribution >= 4 is 16.6 Å². The third-order valence-corrected chi connectivity index (χ3v) is 4.41. The second-order valence-electron chi connectivity index (χ2n) is 5.78. The summed E-state index contributed by atoms with van der Waals surface area (Å²) >= 11 is 0. The summed E-state index contributed by atoms with van der Waals surface area (Å²) in [6.07, 6.45) is 3.56. The van der Waals surface area contributed by atoms with Gasteiger partial charge in [-0.05, 0) is 12.5 Å². The molecule has 2 aliphatic heterocycles. The summed E-state index contributed by atoms with van der Waals surface area (Å²) in [4.78, 5) is 6.60. The second kappa shape index (κ2) is 5.24. The van der Waals surface area contributed by atoms with Crippen molar-refractivity contribution in [3.63, 3.8) is 0 Å². The zero-order chi connectivity index (χ0) is 15.0. The summed E-state index contributed by atoms with van der Waals surface area (Å²) in [6.45, 7) is 2.86. The van der Waals surface area contributed by atoms with Crippen LogP contribution in [0.2, 0.25) is 0 Å². The van der Waals surface area contributed by atoms with Crippen molar-refractivity contribution in [2.75, 3.05) is 31.2 Å². The lowest BCUT2D eigenvalue weighted by Crippen LogP contribution is -2.49. The van der Waals surface area contributed by atoms with Gasteiger partial charge < -0.3 is 14.4 Å². The first-order valence-corrected chi connectivity index (χ1v) is 7.62. The number of hydrogen-bond donors (Lipinski definition) is 0. The normalized spacial score (nSPS) is 20.4. The molecule has 0 amide bonds. The van der Waals surface area contributed by atoms with Crippen molar-refractivity contribution in [3.8, 4) is 6.07 Å². The Hall–Kier alpha value is -2.16. The van der Waals surface area contributed by atoms with Crippen LogP contribution in [0.4, 0.5) is 5.69 Å². The highest BCUT2D eigenvalue weighted by atomic mass is 16.7. The van der Waals surface area contributed by atoms with Crippen LogP contribution in [0.1, 0.15) is 18.4 Å². The molecule has 0 radical (unpaired) electrons. The zero-order valence-electron chi connectivity index (χ0n) is 12.3. The van der Waals surface area contributed by atoms with Gasteiger partial charge in [-0.15, -0.1) is 0 Å². The van der Waals surface area contributed by atoms with Gasteiger partial charge in [0.1, 0.15) is 6.07 Å². The van der Waals surface area contributed by atoms with Gasteiger partial charge in [0.2, 0.25) is 0 Å². The molecule has 0 N–H and O–H groups in total. The van der Waals surface area contributed by atoms with Crippen molar-refractivity contribution in [1.82, 2.24) is 4.98 Å². The van der Waals surface area contributed by atoms with E-state index in [1.807, 2.05) is 24.3 Å². The fourth-order valence-electron chi connectivity index (χ4n) is 3.46. The number of hydrogen-bond acceptors (Lipinski definition) is 5. The largest absolute Gasteiger partial charge is 0.364 e. The Balaban J connectivity index is 1.81. The average Bonchev–Trinajstić information content (AvgIpc) is 3.01. The number of rotatable bonds is 1. The van der Waals surface area contributed by atoms with Gasteiger partial charge in [0.15, 0.2) is 5.79 Å². The summed E-state index contributed by atoms with van der Waals surface area (Å²) in [6, 6.07) is 10.2. The summed E-state index contributed by atoms with van der Waals surface area (Å²) in [5, 5.41) is 10.5. The molecule has 1 spiro atoms. The molecule has 0 atom stereocenters. The quantitative estimate of drug-likeness (QED) is 0.809. The molecule has 0 saturated carbocycles. The molecular weight excluding hydrogens is 278 g/mol. The van der Waals surface area contributed by atoms with Crippen LogP contribution in [0.3, 0.4) is 0 Å². The van der Waals surface area contributed by atoms with Crippen molar-refractivity contribution in [2.24, 2.45) is 0 Å². The van der Waals surface area contributed by atoms with Gasteiger partial charge in [-0.2, -0.15) is 5.26 Å². The van der Waals surface area contributed by atoms with Gasteiger partial charge in [0.25, 0.3) is 0 Å². The van der Waals surface area contributed by atoms with E-state index >= 15 is 0 Å². The summed E-state index contributed by atoms with van der Waals surface area (Å²) in [5.74, 6) is -0.505. The van der Waals surface area contributed by atoms with Gasteiger partial charge in [0, 0.05) is 24.5 Å². The number of aromatic nitrogens is 1. The van der Waals surface area contributed by atoms with Gasteiger partial charge in [0.05, 0.1) is 36.5 Å². The van der Waals surface area contributed by atoms with E-state index in [1.54, 1.807) is 6.20 Å². The summed E-state index contributed by atoms with van der Waals surface area (Å²) in [5.41, 5.74) is 2.46. The third-order valence-electron chi connectivity index (χ3n) is 4.41. The van der Waals surface area contributed by atoms with Crippen LogP contribution in [0, 0.1) is 11.3 Å². The lowest BCUT2D eigenvalue weighted by Gasteiger charge is -2.40. The molecule has 2 aromatic rings. The van der Waals surface area contributed by atoms with Crippen LogP contribution in [-0.4, -0.2) is 37.1 Å². The van der Waals surface area contributed by atoms with Crippen molar-refractivity contribution in [3.05, 3.63) is 36.0 Å². The van der Waals surface area contributed by atoms with E-state index < -0.39 is 5.79 Å². The van der Waals surface area contributed by atoms with E-state index in [4.69, 9.17) is 9.47 Å². The second-order valence-corrected chi connectivity index (χ2v) is 5.78. The summed E-state index contributed by atoms with van der Waals surface area (Å²) < 4.78 is 11.7. The third kappa shape index (κ3) is 2.12. The van der Waals surface area contributed by atoms with E-state index in [0.717, 1.165) is 36.0 Å². The van der Waals surface area contributed by atoms with E-state index in [1.165, 1.54) is 0 Å². The number of benzene rings is 1. The minimum Gasteiger partial charge on any atom is -0.364 e. The van der Waals surface area contributed by atoms with Crippen LogP contribution in [0.5, 0.6) is 0 Å². The van der Waals surface area contributed by atoms with Crippen LogP contribution >= 0.6 is 0 Å². The average molecular weight is 295 g/mol. The number of fused-ring (bicyclic) bond motifs is 1. The topological polar surface area (TPSA) is 58.4 Å². The highest BCUT2D eigenvalue weighted by molar-refractivity contribution is 5.94. The zero-order valence-corrected chi connectivity index (χ0v) is 12.3. The molecule has 0 bridgehead atoms. The van der Waals surface area contributed by atoms with Crippen molar-refractivity contribution in [2.45, 2.75) is 18.6 Å². The number of ether oxygens (including phenoxy) is 2. The standard InChI is InChI=1S/C17H17N3O2/c18-10-13-11-19-15-5-2-1-4-14(15)16(13)20-7-3-6-17(12-20)21-8-9-22-17/h1-2,4-5,11H,3,6-9,12H2. The molecule has 4 rings (SSSR count). The molecular formula is C17H17N3O2. The Labute approximate surface area is 129 Å². The van der Waals surface area contributed by atoms with Gasteiger partial charge >= 0.3 is 0 Å². The van der Waals surface area contributed by atoms with Crippen molar-refractivity contribution < 1.29 is 9.47 Å². The first-order valence-electron chi connectivity index (χ1n) is 7.62. The first-order chi connectivity index (χ1) is 10.8. The minimum absolute atomic E-state index is 0.505. The van der Waals surface area contributed by atoms with E-state index in [2.05, 4.69) is 16.0 Å². The molecule has 5 heteroatoms. The Morgan fingerprint density at radius 1 is 1.23 bits per heavy atom. The monoisotopic (exact) mass is 295 g/mol. The molecule has 0 unspecified atom stereocenters. The molecule has 112 valence electrons. The van der Waals surface area contributed by atoms with Crippen LogP contribution < -0.4 is 4.90 Å². The fraction of sp³-hybridized carbons (Fsp3) is 0.412. The Morgan fingerprint density at radius 2 is 2.05 bits per heavy atom.